The fraction of sp³-hybridized carbons (Fsp3) is 0.250. The van der Waals surface area contributed by atoms with Gasteiger partial charge in [-0.3, -0.25) is 9.78 Å². The second-order valence-electron chi connectivity index (χ2n) is 7.21. The van der Waals surface area contributed by atoms with Gasteiger partial charge >= 0.3 is 0 Å². The molecular formula is C24H25N3O2. The number of para-hydroxylation sites is 1. The van der Waals surface area contributed by atoms with Gasteiger partial charge < -0.3 is 15.0 Å². The number of anilines is 1. The monoisotopic (exact) mass is 387 g/mol. The summed E-state index contributed by atoms with van der Waals surface area (Å²) in [7, 11) is 0. The van der Waals surface area contributed by atoms with E-state index in [1.165, 1.54) is 5.56 Å². The number of hydrogen-bond donors (Lipinski definition) is 1. The minimum Gasteiger partial charge on any atom is -0.378 e. The average molecular weight is 387 g/mol. The highest BCUT2D eigenvalue weighted by Gasteiger charge is 2.22. The van der Waals surface area contributed by atoms with Crippen LogP contribution >= 0.6 is 0 Å². The first-order valence-electron chi connectivity index (χ1n) is 9.91. The third-order valence-corrected chi connectivity index (χ3v) is 5.23. The standard InChI is InChI=1S/C24H25N3O2/c1-18-6-8-19(9-7-18)23(20-10-12-25-13-11-20)26-24(28)21-4-2-3-5-22(21)27-14-16-29-17-15-27/h2-13,23H,14-17H2,1H3,(H,26,28)/t23-/m0/s1. The fourth-order valence-corrected chi connectivity index (χ4v) is 3.63. The lowest BCUT2D eigenvalue weighted by Crippen LogP contribution is -2.38. The van der Waals surface area contributed by atoms with Gasteiger partial charge in [-0.25, -0.2) is 0 Å². The molecule has 1 amide bonds. The summed E-state index contributed by atoms with van der Waals surface area (Å²) in [6, 6.07) is 19.7. The third kappa shape index (κ3) is 4.46. The Hall–Kier alpha value is -3.18. The van der Waals surface area contributed by atoms with Crippen molar-refractivity contribution in [2.75, 3.05) is 31.2 Å². The predicted molar refractivity (Wildman–Crippen MR) is 114 cm³/mol. The third-order valence-electron chi connectivity index (χ3n) is 5.23. The number of amides is 1. The van der Waals surface area contributed by atoms with Crippen molar-refractivity contribution in [2.45, 2.75) is 13.0 Å². The van der Waals surface area contributed by atoms with Crippen LogP contribution in [-0.2, 0) is 4.74 Å². The summed E-state index contributed by atoms with van der Waals surface area (Å²) in [6.07, 6.45) is 3.51. The molecule has 1 N–H and O–H groups in total. The number of hydrogen-bond acceptors (Lipinski definition) is 4. The summed E-state index contributed by atoms with van der Waals surface area (Å²) in [5.41, 5.74) is 4.86. The highest BCUT2D eigenvalue weighted by atomic mass is 16.5. The van der Waals surface area contributed by atoms with Crippen molar-refractivity contribution in [3.05, 3.63) is 95.3 Å². The Kier molecular flexibility index (Phi) is 5.86. The van der Waals surface area contributed by atoms with Crippen LogP contribution in [0.1, 0.15) is 33.1 Å². The molecule has 0 bridgehead atoms. The second kappa shape index (κ2) is 8.88. The summed E-state index contributed by atoms with van der Waals surface area (Å²) >= 11 is 0. The van der Waals surface area contributed by atoms with Gasteiger partial charge in [0.1, 0.15) is 0 Å². The normalized spacial score (nSPS) is 15.0. The van der Waals surface area contributed by atoms with Crippen LogP contribution in [0.4, 0.5) is 5.69 Å². The maximum atomic E-state index is 13.3. The molecule has 2 aromatic carbocycles. The number of pyridine rings is 1. The van der Waals surface area contributed by atoms with Crippen LogP contribution in [0, 0.1) is 6.92 Å². The number of carbonyl (C=O) groups excluding carboxylic acids is 1. The van der Waals surface area contributed by atoms with E-state index >= 15 is 0 Å². The molecule has 1 aromatic heterocycles. The molecule has 0 saturated carbocycles. The molecule has 0 spiro atoms. The average Bonchev–Trinajstić information content (AvgIpc) is 2.79. The number of nitrogens with zero attached hydrogens (tertiary/aromatic N) is 2. The lowest BCUT2D eigenvalue weighted by atomic mass is 9.98. The van der Waals surface area contributed by atoms with Crippen molar-refractivity contribution >= 4 is 11.6 Å². The van der Waals surface area contributed by atoms with Gasteiger partial charge in [0.25, 0.3) is 5.91 Å². The van der Waals surface area contributed by atoms with Crippen molar-refractivity contribution in [3.63, 3.8) is 0 Å². The van der Waals surface area contributed by atoms with Crippen LogP contribution in [0.5, 0.6) is 0 Å². The topological polar surface area (TPSA) is 54.5 Å². The van der Waals surface area contributed by atoms with Gasteiger partial charge in [0.15, 0.2) is 0 Å². The summed E-state index contributed by atoms with van der Waals surface area (Å²) in [5.74, 6) is -0.0884. The molecule has 0 radical (unpaired) electrons. The number of benzene rings is 2. The molecule has 0 aliphatic carbocycles. The van der Waals surface area contributed by atoms with Crippen molar-refractivity contribution in [1.82, 2.24) is 10.3 Å². The zero-order valence-corrected chi connectivity index (χ0v) is 16.5. The highest BCUT2D eigenvalue weighted by Crippen LogP contribution is 2.26. The molecule has 1 aliphatic heterocycles. The minimum absolute atomic E-state index is 0.0884. The molecule has 3 aromatic rings. The first-order chi connectivity index (χ1) is 14.2. The van der Waals surface area contributed by atoms with Gasteiger partial charge in [-0.2, -0.15) is 0 Å². The van der Waals surface area contributed by atoms with E-state index in [0.717, 1.165) is 29.9 Å². The van der Waals surface area contributed by atoms with E-state index in [2.05, 4.69) is 46.4 Å². The van der Waals surface area contributed by atoms with E-state index in [1.807, 2.05) is 36.4 Å². The molecule has 148 valence electrons. The van der Waals surface area contributed by atoms with Crippen molar-refractivity contribution in [1.29, 1.82) is 0 Å². The minimum atomic E-state index is -0.246. The molecule has 5 nitrogen and oxygen atoms in total. The maximum absolute atomic E-state index is 13.3. The highest BCUT2D eigenvalue weighted by molar-refractivity contribution is 6.00. The van der Waals surface area contributed by atoms with Gasteiger partial charge in [-0.1, -0.05) is 42.0 Å². The van der Waals surface area contributed by atoms with E-state index in [1.54, 1.807) is 12.4 Å². The van der Waals surface area contributed by atoms with E-state index in [4.69, 9.17) is 4.74 Å². The summed E-state index contributed by atoms with van der Waals surface area (Å²) in [6.45, 7) is 4.99. The molecule has 1 aliphatic rings. The van der Waals surface area contributed by atoms with Gasteiger partial charge in [-0.15, -0.1) is 0 Å². The number of morpholine rings is 1. The van der Waals surface area contributed by atoms with Crippen LogP contribution in [0.15, 0.2) is 73.1 Å². The number of ether oxygens (including phenoxy) is 1. The summed E-state index contributed by atoms with van der Waals surface area (Å²) < 4.78 is 5.46. The molecule has 1 atom stereocenters. The second-order valence-corrected chi connectivity index (χ2v) is 7.21. The number of aryl methyl sites for hydroxylation is 1. The maximum Gasteiger partial charge on any atom is 0.254 e. The summed E-state index contributed by atoms with van der Waals surface area (Å²) in [5, 5.41) is 3.24. The summed E-state index contributed by atoms with van der Waals surface area (Å²) in [4.78, 5) is 19.7. The van der Waals surface area contributed by atoms with Crippen molar-refractivity contribution in [3.8, 4) is 0 Å². The predicted octanol–water partition coefficient (Wildman–Crippen LogP) is 3.75. The largest absolute Gasteiger partial charge is 0.378 e. The molecule has 1 fully saturated rings. The Bertz CT molecular complexity index is 951. The zero-order valence-electron chi connectivity index (χ0n) is 16.5. The molecule has 2 heterocycles. The van der Waals surface area contributed by atoms with Crippen molar-refractivity contribution < 1.29 is 9.53 Å². The van der Waals surface area contributed by atoms with Gasteiger partial charge in [0.2, 0.25) is 0 Å². The smallest absolute Gasteiger partial charge is 0.254 e. The van der Waals surface area contributed by atoms with E-state index in [-0.39, 0.29) is 11.9 Å². The van der Waals surface area contributed by atoms with E-state index < -0.39 is 0 Å². The number of nitrogens with one attached hydrogen (secondary N) is 1. The Morgan fingerprint density at radius 3 is 2.34 bits per heavy atom. The molecule has 1 saturated heterocycles. The molecule has 29 heavy (non-hydrogen) atoms. The van der Waals surface area contributed by atoms with E-state index in [9.17, 15) is 4.79 Å². The number of carbonyl (C=O) groups is 1. The van der Waals surface area contributed by atoms with Gasteiger partial charge in [0, 0.05) is 31.2 Å². The fourth-order valence-electron chi connectivity index (χ4n) is 3.63. The SMILES string of the molecule is Cc1ccc([C@H](NC(=O)c2ccccc2N2CCOCC2)c2ccncc2)cc1. The quantitative estimate of drug-likeness (QED) is 0.725. The van der Waals surface area contributed by atoms with E-state index in [0.29, 0.717) is 18.8 Å². The zero-order chi connectivity index (χ0) is 20.1. The van der Waals surface area contributed by atoms with Crippen LogP contribution in [0.2, 0.25) is 0 Å². The van der Waals surface area contributed by atoms with Crippen LogP contribution < -0.4 is 10.2 Å². The van der Waals surface area contributed by atoms with Gasteiger partial charge in [-0.05, 0) is 42.3 Å². The first kappa shape index (κ1) is 19.2. The van der Waals surface area contributed by atoms with Crippen LogP contribution in [0.25, 0.3) is 0 Å². The number of rotatable bonds is 5. The van der Waals surface area contributed by atoms with Crippen LogP contribution in [-0.4, -0.2) is 37.2 Å². The Morgan fingerprint density at radius 2 is 1.62 bits per heavy atom. The lowest BCUT2D eigenvalue weighted by molar-refractivity contribution is 0.0941. The lowest BCUT2D eigenvalue weighted by Gasteiger charge is -2.30. The number of aromatic nitrogens is 1. The Morgan fingerprint density at radius 1 is 0.966 bits per heavy atom. The van der Waals surface area contributed by atoms with Crippen molar-refractivity contribution in [2.24, 2.45) is 0 Å². The van der Waals surface area contributed by atoms with Crippen LogP contribution in [0.3, 0.4) is 0 Å². The molecular weight excluding hydrogens is 362 g/mol. The molecule has 0 unspecified atom stereocenters. The van der Waals surface area contributed by atoms with Gasteiger partial charge in [0.05, 0.1) is 24.8 Å². The first-order valence-corrected chi connectivity index (χ1v) is 9.91. The molecule has 5 heteroatoms. The Labute approximate surface area is 171 Å². The Balaban J connectivity index is 1.65. The molecule has 4 rings (SSSR count).